The summed E-state index contributed by atoms with van der Waals surface area (Å²) < 4.78 is 5.53. The summed E-state index contributed by atoms with van der Waals surface area (Å²) in [6.45, 7) is 6.13. The van der Waals surface area contributed by atoms with E-state index in [0.29, 0.717) is 34.5 Å². The number of esters is 1. The molecule has 0 spiro atoms. The number of aromatic nitrogens is 3. The minimum atomic E-state index is -0.584. The largest absolute Gasteiger partial charge is 0.465 e. The van der Waals surface area contributed by atoms with Gasteiger partial charge in [-0.05, 0) is 30.4 Å². The molecule has 2 aromatic heterocycles. The normalized spacial score (nSPS) is 19.6. The van der Waals surface area contributed by atoms with Crippen molar-refractivity contribution in [2.24, 2.45) is 11.1 Å². The number of Topliss-reactive ketones (excluding diaryl/α,β-unsaturated/α-hetero) is 1. The third kappa shape index (κ3) is 4.56. The van der Waals surface area contributed by atoms with E-state index in [1.54, 1.807) is 30.3 Å². The molecule has 0 aromatic carbocycles. The molecular formula is C23H24N6O3S2. The first kappa shape index (κ1) is 23.9. The number of allylic oxidation sites excluding steroid dienone is 3. The van der Waals surface area contributed by atoms with Crippen LogP contribution in [0.1, 0.15) is 45.1 Å². The van der Waals surface area contributed by atoms with Crippen LogP contribution in [-0.2, 0) is 14.3 Å². The molecule has 176 valence electrons. The highest BCUT2D eigenvalue weighted by Gasteiger charge is 2.45. The molecule has 9 nitrogen and oxygen atoms in total. The summed E-state index contributed by atoms with van der Waals surface area (Å²) in [5.74, 6) is -0.610. The summed E-state index contributed by atoms with van der Waals surface area (Å²) in [5, 5.41) is 19.0. The molecule has 1 atom stereocenters. The highest BCUT2D eigenvalue weighted by atomic mass is 32.2. The van der Waals surface area contributed by atoms with Crippen LogP contribution < -0.4 is 10.6 Å². The number of carbonyl (C=O) groups excluding carboxylic acids is 2. The van der Waals surface area contributed by atoms with Gasteiger partial charge < -0.3 is 10.5 Å². The number of ether oxygens (including phenoxy) is 1. The van der Waals surface area contributed by atoms with E-state index in [9.17, 15) is 14.9 Å². The minimum absolute atomic E-state index is 0.0215. The van der Waals surface area contributed by atoms with Crippen molar-refractivity contribution in [3.8, 4) is 6.07 Å². The maximum Gasteiger partial charge on any atom is 0.316 e. The lowest BCUT2D eigenvalue weighted by atomic mass is 9.69. The summed E-state index contributed by atoms with van der Waals surface area (Å²) >= 11 is 2.47. The zero-order valence-electron chi connectivity index (χ0n) is 19.1. The molecule has 1 aliphatic carbocycles. The molecule has 2 aromatic rings. The fraction of sp³-hybridized carbons (Fsp3) is 0.391. The lowest BCUT2D eigenvalue weighted by Gasteiger charge is -2.42. The number of hydrogen-bond acceptors (Lipinski definition) is 11. The van der Waals surface area contributed by atoms with E-state index in [2.05, 4.69) is 21.3 Å². The third-order valence-electron chi connectivity index (χ3n) is 5.60. The maximum absolute atomic E-state index is 13.5. The third-order valence-corrected chi connectivity index (χ3v) is 7.62. The number of anilines is 1. The van der Waals surface area contributed by atoms with Crippen molar-refractivity contribution < 1.29 is 14.3 Å². The summed E-state index contributed by atoms with van der Waals surface area (Å²) in [4.78, 5) is 31.0. The molecule has 3 heterocycles. The Balaban J connectivity index is 1.79. The summed E-state index contributed by atoms with van der Waals surface area (Å²) in [7, 11) is 0. The number of pyridine rings is 1. The molecule has 1 aliphatic heterocycles. The smallest absolute Gasteiger partial charge is 0.316 e. The Bertz CT molecular complexity index is 1230. The number of ketones is 1. The first-order valence-corrected chi connectivity index (χ1v) is 12.5. The Morgan fingerprint density at radius 3 is 2.88 bits per heavy atom. The van der Waals surface area contributed by atoms with Gasteiger partial charge in [0.2, 0.25) is 5.13 Å². The highest BCUT2D eigenvalue weighted by Crippen LogP contribution is 2.50. The Hall–Kier alpha value is -3.23. The molecule has 1 unspecified atom stereocenters. The van der Waals surface area contributed by atoms with Crippen molar-refractivity contribution in [3.05, 3.63) is 52.8 Å². The lowest BCUT2D eigenvalue weighted by Crippen LogP contribution is -2.42. The number of hydrogen-bond donors (Lipinski definition) is 1. The van der Waals surface area contributed by atoms with Gasteiger partial charge in [0.1, 0.15) is 5.82 Å². The molecular weight excluding hydrogens is 472 g/mol. The van der Waals surface area contributed by atoms with E-state index in [4.69, 9.17) is 10.5 Å². The average Bonchev–Trinajstić information content (AvgIpc) is 3.25. The van der Waals surface area contributed by atoms with E-state index < -0.39 is 5.92 Å². The number of carbonyl (C=O) groups is 2. The molecule has 34 heavy (non-hydrogen) atoms. The predicted octanol–water partition coefficient (Wildman–Crippen LogP) is 3.53. The molecule has 2 N–H and O–H groups in total. The van der Waals surface area contributed by atoms with Gasteiger partial charge >= 0.3 is 5.97 Å². The van der Waals surface area contributed by atoms with E-state index in [0.717, 1.165) is 11.3 Å². The van der Waals surface area contributed by atoms with Crippen LogP contribution in [0, 0.1) is 16.7 Å². The molecule has 0 radical (unpaired) electrons. The Labute approximate surface area is 205 Å². The Kier molecular flexibility index (Phi) is 6.72. The Morgan fingerprint density at radius 1 is 1.41 bits per heavy atom. The predicted molar refractivity (Wildman–Crippen MR) is 129 cm³/mol. The zero-order valence-corrected chi connectivity index (χ0v) is 20.7. The summed E-state index contributed by atoms with van der Waals surface area (Å²) in [6.07, 6.45) is 4.26. The SMILES string of the molecule is CCOC(=O)CSc1nnc(N2C(N)=C(C#N)C(c3cccnc3)C3=C2CC(C)(C)CC3=O)s1. The van der Waals surface area contributed by atoms with Gasteiger partial charge in [-0.15, -0.1) is 10.2 Å². The van der Waals surface area contributed by atoms with Crippen molar-refractivity contribution >= 4 is 40.0 Å². The van der Waals surface area contributed by atoms with Crippen LogP contribution in [0.25, 0.3) is 0 Å². The van der Waals surface area contributed by atoms with Gasteiger partial charge in [-0.1, -0.05) is 43.0 Å². The van der Waals surface area contributed by atoms with Gasteiger partial charge in [-0.3, -0.25) is 19.5 Å². The second kappa shape index (κ2) is 9.56. The van der Waals surface area contributed by atoms with Crippen LogP contribution >= 0.6 is 23.1 Å². The van der Waals surface area contributed by atoms with Crippen molar-refractivity contribution in [2.75, 3.05) is 17.3 Å². The molecule has 0 saturated heterocycles. The fourth-order valence-corrected chi connectivity index (χ4v) is 5.96. The Morgan fingerprint density at radius 2 is 2.21 bits per heavy atom. The number of thioether (sulfide) groups is 1. The first-order chi connectivity index (χ1) is 16.3. The second-order valence-electron chi connectivity index (χ2n) is 8.71. The quantitative estimate of drug-likeness (QED) is 0.467. The fourth-order valence-electron chi connectivity index (χ4n) is 4.28. The number of nitrogens with two attached hydrogens (primary N) is 1. The van der Waals surface area contributed by atoms with Crippen LogP contribution in [0.3, 0.4) is 0 Å². The lowest BCUT2D eigenvalue weighted by molar-refractivity contribution is -0.139. The van der Waals surface area contributed by atoms with Gasteiger partial charge in [0.15, 0.2) is 10.1 Å². The second-order valence-corrected chi connectivity index (χ2v) is 10.9. The van der Waals surface area contributed by atoms with Gasteiger partial charge in [-0.25, -0.2) is 0 Å². The number of nitrogens with zero attached hydrogens (tertiary/aromatic N) is 5. The van der Waals surface area contributed by atoms with Crippen LogP contribution in [0.2, 0.25) is 0 Å². The first-order valence-electron chi connectivity index (χ1n) is 10.7. The van der Waals surface area contributed by atoms with Crippen molar-refractivity contribution in [1.82, 2.24) is 15.2 Å². The van der Waals surface area contributed by atoms with Crippen molar-refractivity contribution in [1.29, 1.82) is 5.26 Å². The topological polar surface area (TPSA) is 135 Å². The van der Waals surface area contributed by atoms with Crippen molar-refractivity contribution in [3.63, 3.8) is 0 Å². The summed E-state index contributed by atoms with van der Waals surface area (Å²) in [5.41, 5.74) is 8.58. The standard InChI is InChI=1S/C23H24N6O3S2/c1-4-32-17(31)12-33-22-28-27-21(34-22)29-15-8-23(2,3)9-16(30)19(15)18(14(10-24)20(29)25)13-6-5-7-26-11-13/h5-7,11,18H,4,8-9,12,25H2,1-3H3. The molecule has 0 amide bonds. The van der Waals surface area contributed by atoms with Crippen LogP contribution in [0.15, 0.2) is 51.5 Å². The molecule has 11 heteroatoms. The van der Waals surface area contributed by atoms with E-state index in [-0.39, 0.29) is 34.3 Å². The van der Waals surface area contributed by atoms with E-state index >= 15 is 0 Å². The van der Waals surface area contributed by atoms with Crippen LogP contribution in [0.4, 0.5) is 5.13 Å². The molecule has 2 aliphatic rings. The van der Waals surface area contributed by atoms with E-state index in [1.165, 1.54) is 23.1 Å². The highest BCUT2D eigenvalue weighted by molar-refractivity contribution is 8.01. The van der Waals surface area contributed by atoms with Gasteiger partial charge in [-0.2, -0.15) is 5.26 Å². The monoisotopic (exact) mass is 496 g/mol. The number of rotatable bonds is 6. The molecule has 0 fully saturated rings. The molecule has 0 saturated carbocycles. The van der Waals surface area contributed by atoms with E-state index in [1.807, 2.05) is 19.9 Å². The van der Waals surface area contributed by atoms with Gasteiger partial charge in [0.25, 0.3) is 0 Å². The van der Waals surface area contributed by atoms with Gasteiger partial charge in [0.05, 0.1) is 29.9 Å². The molecule has 4 rings (SSSR count). The zero-order chi connectivity index (χ0) is 24.5. The van der Waals surface area contributed by atoms with Crippen LogP contribution in [-0.4, -0.2) is 39.3 Å². The number of nitriles is 1. The van der Waals surface area contributed by atoms with Crippen molar-refractivity contribution in [2.45, 2.75) is 43.9 Å². The molecule has 0 bridgehead atoms. The minimum Gasteiger partial charge on any atom is -0.465 e. The van der Waals surface area contributed by atoms with Gasteiger partial charge in [0, 0.05) is 30.1 Å². The van der Waals surface area contributed by atoms with Crippen LogP contribution in [0.5, 0.6) is 0 Å². The summed E-state index contributed by atoms with van der Waals surface area (Å²) in [6, 6.07) is 5.86. The average molecular weight is 497 g/mol. The maximum atomic E-state index is 13.5.